The van der Waals surface area contributed by atoms with Crippen molar-refractivity contribution in [2.24, 2.45) is 0 Å². The van der Waals surface area contributed by atoms with Crippen LogP contribution >= 0.6 is 0 Å². The molecular weight excluding hydrogens is 432 g/mol. The van der Waals surface area contributed by atoms with E-state index >= 15 is 0 Å². The van der Waals surface area contributed by atoms with Crippen LogP contribution in [-0.2, 0) is 22.6 Å². The quantitative estimate of drug-likeness (QED) is 0.494. The molecule has 7 heteroatoms. The first-order valence-corrected chi connectivity index (χ1v) is 11.5. The summed E-state index contributed by atoms with van der Waals surface area (Å²) in [6.45, 7) is 10.0. The van der Waals surface area contributed by atoms with E-state index in [-0.39, 0.29) is 5.91 Å². The van der Waals surface area contributed by atoms with Gasteiger partial charge in [0.1, 0.15) is 23.1 Å². The first kappa shape index (κ1) is 27.0. The van der Waals surface area contributed by atoms with Crippen LogP contribution in [0.1, 0.15) is 51.2 Å². The molecule has 0 aliphatic carbocycles. The fourth-order valence-corrected chi connectivity index (χ4v) is 3.39. The number of ether oxygens (including phenoxy) is 3. The summed E-state index contributed by atoms with van der Waals surface area (Å²) in [6, 6.07) is 14.5. The summed E-state index contributed by atoms with van der Waals surface area (Å²) in [4.78, 5) is 27.9. The zero-order valence-corrected chi connectivity index (χ0v) is 20.9. The van der Waals surface area contributed by atoms with Gasteiger partial charge in [0.15, 0.2) is 0 Å². The molecule has 0 aliphatic rings. The highest BCUT2D eigenvalue weighted by molar-refractivity contribution is 5.85. The van der Waals surface area contributed by atoms with E-state index in [1.165, 1.54) is 0 Å². The van der Waals surface area contributed by atoms with Crippen molar-refractivity contribution in [2.75, 3.05) is 14.2 Å². The van der Waals surface area contributed by atoms with Gasteiger partial charge in [0.05, 0.1) is 14.2 Å². The second-order valence-electron chi connectivity index (χ2n) is 9.09. The lowest BCUT2D eigenvalue weighted by atomic mass is 10.1. The zero-order chi connectivity index (χ0) is 25.1. The number of nitrogens with zero attached hydrogens (tertiary/aromatic N) is 1. The van der Waals surface area contributed by atoms with Gasteiger partial charge >= 0.3 is 6.09 Å². The van der Waals surface area contributed by atoms with Gasteiger partial charge in [-0.05, 0) is 62.6 Å². The molecule has 2 aromatic rings. The van der Waals surface area contributed by atoms with Crippen LogP contribution in [-0.4, -0.2) is 42.8 Å². The molecule has 1 atom stereocenters. The lowest BCUT2D eigenvalue weighted by Crippen LogP contribution is -2.49. The molecule has 0 heterocycles. The Kier molecular flexibility index (Phi) is 10.2. The van der Waals surface area contributed by atoms with E-state index in [1.807, 2.05) is 48.5 Å². The number of alkyl carbamates (subject to hydrolysis) is 1. The Morgan fingerprint density at radius 1 is 0.912 bits per heavy atom. The van der Waals surface area contributed by atoms with Crippen LogP contribution in [0.5, 0.6) is 11.5 Å². The van der Waals surface area contributed by atoms with Gasteiger partial charge in [0.25, 0.3) is 0 Å². The molecule has 7 nitrogen and oxygen atoms in total. The number of methoxy groups -OCH3 is 2. The number of rotatable bonds is 11. The highest BCUT2D eigenvalue weighted by Gasteiger charge is 2.28. The van der Waals surface area contributed by atoms with Gasteiger partial charge in [0.2, 0.25) is 5.91 Å². The Hall–Kier alpha value is -3.22. The number of hydrogen-bond acceptors (Lipinski definition) is 5. The summed E-state index contributed by atoms with van der Waals surface area (Å²) < 4.78 is 15.9. The van der Waals surface area contributed by atoms with Crippen molar-refractivity contribution in [3.05, 3.63) is 66.6 Å². The average Bonchev–Trinajstić information content (AvgIpc) is 2.80. The normalized spacial score (nSPS) is 11.9. The minimum Gasteiger partial charge on any atom is -0.497 e. The molecule has 34 heavy (non-hydrogen) atoms. The third kappa shape index (κ3) is 8.96. The molecule has 0 bridgehead atoms. The molecular formula is C27H37N2O5. The van der Waals surface area contributed by atoms with Crippen molar-refractivity contribution in [1.29, 1.82) is 0 Å². The van der Waals surface area contributed by atoms with Gasteiger partial charge in [-0.3, -0.25) is 4.79 Å². The summed E-state index contributed by atoms with van der Waals surface area (Å²) in [5.74, 6) is 1.32. The molecule has 2 aromatic carbocycles. The average molecular weight is 470 g/mol. The molecule has 0 aromatic heterocycles. The Labute approximate surface area is 203 Å². The minimum absolute atomic E-state index is 0.175. The fraction of sp³-hybridized carbons (Fsp3) is 0.444. The Morgan fingerprint density at radius 2 is 1.38 bits per heavy atom. The van der Waals surface area contributed by atoms with E-state index in [0.29, 0.717) is 32.4 Å². The van der Waals surface area contributed by atoms with Gasteiger partial charge < -0.3 is 24.4 Å². The number of hydrogen-bond donors (Lipinski definition) is 1. The topological polar surface area (TPSA) is 77.1 Å². The van der Waals surface area contributed by atoms with Gasteiger partial charge in [0, 0.05) is 13.1 Å². The maximum Gasteiger partial charge on any atom is 0.408 e. The van der Waals surface area contributed by atoms with E-state index in [1.54, 1.807) is 39.9 Å². The molecule has 0 fully saturated rings. The summed E-state index contributed by atoms with van der Waals surface area (Å²) in [5, 5.41) is 2.78. The predicted molar refractivity (Wildman–Crippen MR) is 133 cm³/mol. The largest absolute Gasteiger partial charge is 0.497 e. The molecule has 0 saturated carbocycles. The van der Waals surface area contributed by atoms with Gasteiger partial charge in [-0.1, -0.05) is 44.0 Å². The third-order valence-corrected chi connectivity index (χ3v) is 5.11. The molecule has 185 valence electrons. The summed E-state index contributed by atoms with van der Waals surface area (Å²) in [5.41, 5.74) is 1.25. The van der Waals surface area contributed by atoms with E-state index in [0.717, 1.165) is 22.6 Å². The molecule has 0 aliphatic heterocycles. The van der Waals surface area contributed by atoms with Crippen molar-refractivity contribution in [2.45, 2.75) is 64.8 Å². The number of unbranched alkanes of at least 4 members (excludes halogenated alkanes) is 1. The van der Waals surface area contributed by atoms with Crippen LogP contribution in [0.4, 0.5) is 4.79 Å². The lowest BCUT2D eigenvalue weighted by Gasteiger charge is -2.29. The highest BCUT2D eigenvalue weighted by atomic mass is 16.6. The predicted octanol–water partition coefficient (Wildman–Crippen LogP) is 5.13. The van der Waals surface area contributed by atoms with Gasteiger partial charge in [-0.25, -0.2) is 4.79 Å². The SMILES string of the molecule is [CH2]CCC[C@H](NC(=O)OC(C)(C)C)C(=O)N(Cc1ccc(OC)cc1)Cc1ccc(OC)cc1. The molecule has 1 radical (unpaired) electrons. The molecule has 0 saturated heterocycles. The molecule has 1 N–H and O–H groups in total. The smallest absolute Gasteiger partial charge is 0.408 e. The van der Waals surface area contributed by atoms with Crippen LogP contribution in [0.15, 0.2) is 48.5 Å². The number of carbonyl (C=O) groups excluding carboxylic acids is 2. The summed E-state index contributed by atoms with van der Waals surface area (Å²) in [6.07, 6.45) is 1.23. The number of benzene rings is 2. The monoisotopic (exact) mass is 469 g/mol. The second-order valence-corrected chi connectivity index (χ2v) is 9.09. The van der Waals surface area contributed by atoms with Crippen LogP contribution in [0.3, 0.4) is 0 Å². The summed E-state index contributed by atoms with van der Waals surface area (Å²) >= 11 is 0. The highest BCUT2D eigenvalue weighted by Crippen LogP contribution is 2.19. The first-order chi connectivity index (χ1) is 16.1. The maximum absolute atomic E-state index is 13.7. The third-order valence-electron chi connectivity index (χ3n) is 5.11. The number of carbonyl (C=O) groups is 2. The van der Waals surface area contributed by atoms with Crippen molar-refractivity contribution in [3.8, 4) is 11.5 Å². The van der Waals surface area contributed by atoms with Gasteiger partial charge in [-0.2, -0.15) is 0 Å². The zero-order valence-electron chi connectivity index (χ0n) is 20.9. The maximum atomic E-state index is 13.7. The van der Waals surface area contributed by atoms with E-state index in [9.17, 15) is 9.59 Å². The van der Waals surface area contributed by atoms with Crippen molar-refractivity contribution >= 4 is 12.0 Å². The molecule has 0 spiro atoms. The first-order valence-electron chi connectivity index (χ1n) is 11.5. The Bertz CT molecular complexity index is 855. The Balaban J connectivity index is 2.28. The van der Waals surface area contributed by atoms with E-state index in [4.69, 9.17) is 14.2 Å². The van der Waals surface area contributed by atoms with Crippen LogP contribution in [0, 0.1) is 6.92 Å². The standard InChI is InChI=1S/C27H37N2O5/c1-7-8-9-24(28-26(31)34-27(2,3)4)25(30)29(18-20-10-14-22(32-5)15-11-20)19-21-12-16-23(33-6)17-13-21/h10-17,24H,1,7-9,18-19H2,2-6H3,(H,28,31)/t24-/m0/s1. The molecule has 2 rings (SSSR count). The van der Waals surface area contributed by atoms with Crippen LogP contribution in [0.2, 0.25) is 0 Å². The van der Waals surface area contributed by atoms with Crippen molar-refractivity contribution < 1.29 is 23.8 Å². The van der Waals surface area contributed by atoms with Gasteiger partial charge in [-0.15, -0.1) is 0 Å². The number of amides is 2. The fourth-order valence-electron chi connectivity index (χ4n) is 3.39. The molecule has 0 unspecified atom stereocenters. The molecule has 2 amide bonds. The summed E-state index contributed by atoms with van der Waals surface area (Å²) in [7, 11) is 3.23. The Morgan fingerprint density at radius 3 is 1.76 bits per heavy atom. The second kappa shape index (κ2) is 12.9. The van der Waals surface area contributed by atoms with E-state index < -0.39 is 17.7 Å². The van der Waals surface area contributed by atoms with Crippen molar-refractivity contribution in [3.63, 3.8) is 0 Å². The van der Waals surface area contributed by atoms with E-state index in [2.05, 4.69) is 12.2 Å². The van der Waals surface area contributed by atoms with Crippen LogP contribution in [0.25, 0.3) is 0 Å². The number of nitrogens with one attached hydrogen (secondary N) is 1. The lowest BCUT2D eigenvalue weighted by molar-refractivity contribution is -0.135. The minimum atomic E-state index is -0.715. The van der Waals surface area contributed by atoms with Crippen molar-refractivity contribution in [1.82, 2.24) is 10.2 Å². The van der Waals surface area contributed by atoms with Crippen LogP contribution < -0.4 is 14.8 Å².